The van der Waals surface area contributed by atoms with E-state index in [2.05, 4.69) is 15.9 Å². The van der Waals surface area contributed by atoms with Crippen LogP contribution in [0.25, 0.3) is 0 Å². The van der Waals surface area contributed by atoms with Crippen LogP contribution in [-0.2, 0) is 11.5 Å². The van der Waals surface area contributed by atoms with Crippen molar-refractivity contribution in [2.45, 2.75) is 13.3 Å². The van der Waals surface area contributed by atoms with Crippen LogP contribution in [0.15, 0.2) is 22.7 Å². The van der Waals surface area contributed by atoms with Crippen LogP contribution in [0.2, 0.25) is 0 Å². The van der Waals surface area contributed by atoms with Gasteiger partial charge in [0, 0.05) is 4.47 Å². The van der Waals surface area contributed by atoms with Crippen LogP contribution in [0.1, 0.15) is 11.1 Å². The van der Waals surface area contributed by atoms with Gasteiger partial charge in [0.15, 0.2) is 0 Å². The van der Waals surface area contributed by atoms with Crippen molar-refractivity contribution < 1.29 is 5.11 Å². The Labute approximate surface area is 75.2 Å². The Kier molecular flexibility index (Phi) is 3.09. The lowest BCUT2D eigenvalue weighted by Crippen LogP contribution is -1.92. The van der Waals surface area contributed by atoms with E-state index in [9.17, 15) is 5.11 Å². The first-order chi connectivity index (χ1) is 5.24. The van der Waals surface area contributed by atoms with Gasteiger partial charge in [-0.1, -0.05) is 22.0 Å². The van der Waals surface area contributed by atoms with Gasteiger partial charge in [-0.25, -0.2) is 5.11 Å². The standard InChI is InChI=1S/C9H10BrO/c1-7-2-3-9(10)6-8(7)4-5-11/h2-3,6H,4-5H2,1H3. The Morgan fingerprint density at radius 3 is 2.82 bits per heavy atom. The van der Waals surface area contributed by atoms with E-state index in [1.54, 1.807) is 0 Å². The maximum atomic E-state index is 10.3. The number of hydrogen-bond acceptors (Lipinski definition) is 0. The Balaban J connectivity index is 2.93. The normalized spacial score (nSPS) is 10.1. The molecule has 0 aliphatic heterocycles. The van der Waals surface area contributed by atoms with Gasteiger partial charge in [0.25, 0.3) is 0 Å². The summed E-state index contributed by atoms with van der Waals surface area (Å²) < 4.78 is 1.05. The molecule has 0 saturated carbocycles. The molecule has 1 radical (unpaired) electrons. The Bertz CT molecular complexity index is 245. The van der Waals surface area contributed by atoms with Crippen molar-refractivity contribution in [2.24, 2.45) is 0 Å². The molecule has 1 aromatic rings. The van der Waals surface area contributed by atoms with Gasteiger partial charge in [0.2, 0.25) is 0 Å². The van der Waals surface area contributed by atoms with Crippen molar-refractivity contribution in [1.29, 1.82) is 0 Å². The monoisotopic (exact) mass is 213 g/mol. The third-order valence-electron chi connectivity index (χ3n) is 1.68. The second-order valence-corrected chi connectivity index (χ2v) is 3.44. The minimum absolute atomic E-state index is 0.0305. The van der Waals surface area contributed by atoms with Gasteiger partial charge in [-0.2, -0.15) is 0 Å². The van der Waals surface area contributed by atoms with Crippen LogP contribution in [-0.4, -0.2) is 6.61 Å². The van der Waals surface area contributed by atoms with E-state index in [1.165, 1.54) is 5.56 Å². The lowest BCUT2D eigenvalue weighted by molar-refractivity contribution is 0.197. The first-order valence-corrected chi connectivity index (χ1v) is 4.36. The summed E-state index contributed by atoms with van der Waals surface area (Å²) in [6, 6.07) is 6.02. The molecule has 59 valence electrons. The lowest BCUT2D eigenvalue weighted by atomic mass is 10.1. The van der Waals surface area contributed by atoms with Gasteiger partial charge < -0.3 is 0 Å². The summed E-state index contributed by atoms with van der Waals surface area (Å²) in [7, 11) is 0. The first kappa shape index (κ1) is 8.75. The number of rotatable bonds is 2. The van der Waals surface area contributed by atoms with Gasteiger partial charge in [-0.15, -0.1) is 0 Å². The Morgan fingerprint density at radius 2 is 2.18 bits per heavy atom. The zero-order valence-corrected chi connectivity index (χ0v) is 8.02. The second-order valence-electron chi connectivity index (χ2n) is 2.52. The molecule has 0 saturated heterocycles. The zero-order valence-electron chi connectivity index (χ0n) is 6.43. The molecule has 2 heteroatoms. The van der Waals surface area contributed by atoms with Gasteiger partial charge >= 0.3 is 0 Å². The smallest absolute Gasteiger partial charge is 0.0862 e. The number of hydrogen-bond donors (Lipinski definition) is 0. The van der Waals surface area contributed by atoms with E-state index in [-0.39, 0.29) is 6.61 Å². The fraction of sp³-hybridized carbons (Fsp3) is 0.333. The highest BCUT2D eigenvalue weighted by Crippen LogP contribution is 2.16. The van der Waals surface area contributed by atoms with E-state index >= 15 is 0 Å². The van der Waals surface area contributed by atoms with Crippen LogP contribution in [0.5, 0.6) is 0 Å². The van der Waals surface area contributed by atoms with Gasteiger partial charge in [0.1, 0.15) is 0 Å². The quantitative estimate of drug-likeness (QED) is 0.721. The fourth-order valence-corrected chi connectivity index (χ4v) is 1.43. The van der Waals surface area contributed by atoms with Crippen LogP contribution in [0.4, 0.5) is 0 Å². The predicted octanol–water partition coefficient (Wildman–Crippen LogP) is 2.73. The molecular weight excluding hydrogens is 204 g/mol. The number of aryl methyl sites for hydroxylation is 1. The number of halogens is 1. The maximum absolute atomic E-state index is 10.3. The molecule has 11 heavy (non-hydrogen) atoms. The van der Waals surface area contributed by atoms with Crippen molar-refractivity contribution in [3.63, 3.8) is 0 Å². The molecule has 0 N–H and O–H groups in total. The van der Waals surface area contributed by atoms with E-state index in [0.29, 0.717) is 6.42 Å². The average molecular weight is 214 g/mol. The van der Waals surface area contributed by atoms with E-state index in [0.717, 1.165) is 10.0 Å². The van der Waals surface area contributed by atoms with Crippen molar-refractivity contribution in [1.82, 2.24) is 0 Å². The Morgan fingerprint density at radius 1 is 1.45 bits per heavy atom. The van der Waals surface area contributed by atoms with Crippen LogP contribution in [0.3, 0.4) is 0 Å². The third-order valence-corrected chi connectivity index (χ3v) is 2.18. The molecule has 1 aromatic carbocycles. The van der Waals surface area contributed by atoms with E-state index < -0.39 is 0 Å². The molecule has 1 rings (SSSR count). The van der Waals surface area contributed by atoms with Gasteiger partial charge in [-0.05, 0) is 36.6 Å². The molecule has 0 bridgehead atoms. The van der Waals surface area contributed by atoms with Crippen molar-refractivity contribution in [3.05, 3.63) is 33.8 Å². The molecule has 0 fully saturated rings. The molecule has 0 aliphatic rings. The third kappa shape index (κ3) is 2.31. The highest BCUT2D eigenvalue weighted by atomic mass is 79.9. The second kappa shape index (κ2) is 3.88. The molecule has 0 aliphatic carbocycles. The first-order valence-electron chi connectivity index (χ1n) is 3.57. The highest BCUT2D eigenvalue weighted by Gasteiger charge is 1.97. The summed E-state index contributed by atoms with van der Waals surface area (Å²) in [6.45, 7) is 1.99. The van der Waals surface area contributed by atoms with Crippen LogP contribution < -0.4 is 0 Å². The molecule has 1 nitrogen and oxygen atoms in total. The minimum Gasteiger partial charge on any atom is -0.236 e. The van der Waals surface area contributed by atoms with E-state index in [4.69, 9.17) is 0 Å². The largest absolute Gasteiger partial charge is 0.236 e. The predicted molar refractivity (Wildman–Crippen MR) is 48.1 cm³/mol. The minimum atomic E-state index is -0.0305. The van der Waals surface area contributed by atoms with Gasteiger partial charge in [-0.3, -0.25) is 0 Å². The summed E-state index contributed by atoms with van der Waals surface area (Å²) in [5.74, 6) is 0. The van der Waals surface area contributed by atoms with Crippen molar-refractivity contribution in [2.75, 3.05) is 6.61 Å². The molecule has 0 amide bonds. The summed E-state index contributed by atoms with van der Waals surface area (Å²) >= 11 is 3.36. The van der Waals surface area contributed by atoms with Crippen molar-refractivity contribution in [3.8, 4) is 0 Å². The average Bonchev–Trinajstić information content (AvgIpc) is 1.98. The molecule has 0 spiro atoms. The molecule has 0 atom stereocenters. The summed E-state index contributed by atoms with van der Waals surface area (Å²) in [5, 5.41) is 10.3. The lowest BCUT2D eigenvalue weighted by Gasteiger charge is -2.02. The summed E-state index contributed by atoms with van der Waals surface area (Å²) in [6.07, 6.45) is 0.630. The molecule has 0 unspecified atom stereocenters. The van der Waals surface area contributed by atoms with Crippen LogP contribution >= 0.6 is 15.9 Å². The molecular formula is C9H10BrO. The number of benzene rings is 1. The fourth-order valence-electron chi connectivity index (χ4n) is 1.02. The zero-order chi connectivity index (χ0) is 8.27. The summed E-state index contributed by atoms with van der Waals surface area (Å²) in [5.41, 5.74) is 2.35. The van der Waals surface area contributed by atoms with Crippen LogP contribution in [0, 0.1) is 6.92 Å². The SMILES string of the molecule is Cc1ccc(Br)cc1CC[O]. The van der Waals surface area contributed by atoms with Gasteiger partial charge in [0.05, 0.1) is 6.61 Å². The molecule has 0 aromatic heterocycles. The van der Waals surface area contributed by atoms with Crippen molar-refractivity contribution >= 4 is 15.9 Å². The molecule has 0 heterocycles. The highest BCUT2D eigenvalue weighted by molar-refractivity contribution is 9.10. The maximum Gasteiger partial charge on any atom is 0.0862 e. The topological polar surface area (TPSA) is 19.9 Å². The Hall–Kier alpha value is -0.340. The summed E-state index contributed by atoms with van der Waals surface area (Å²) in [4.78, 5) is 0. The van der Waals surface area contributed by atoms with E-state index in [1.807, 2.05) is 25.1 Å².